The number of anilines is 2. The van der Waals surface area contributed by atoms with Gasteiger partial charge in [0.1, 0.15) is 0 Å². The average Bonchev–Trinajstić information content (AvgIpc) is 2.33. The van der Waals surface area contributed by atoms with Gasteiger partial charge in [-0.2, -0.15) is 0 Å². The zero-order chi connectivity index (χ0) is 14.0. The van der Waals surface area contributed by atoms with E-state index in [1.165, 1.54) is 5.56 Å². The van der Waals surface area contributed by atoms with Crippen LogP contribution in [0.25, 0.3) is 0 Å². The van der Waals surface area contributed by atoms with E-state index in [-0.39, 0.29) is 5.41 Å². The fraction of sp³-hybridized carbons (Fsp3) is 0.267. The highest BCUT2D eigenvalue weighted by atomic mass is 35.5. The molecule has 0 atom stereocenters. The van der Waals surface area contributed by atoms with Crippen LogP contribution in [0.15, 0.2) is 36.7 Å². The van der Waals surface area contributed by atoms with Crippen molar-refractivity contribution in [1.29, 1.82) is 0 Å². The normalized spacial score (nSPS) is 11.4. The molecule has 1 aromatic heterocycles. The van der Waals surface area contributed by atoms with Crippen LogP contribution in [0.3, 0.4) is 0 Å². The van der Waals surface area contributed by atoms with Gasteiger partial charge in [0, 0.05) is 18.1 Å². The maximum Gasteiger partial charge on any atom is 0.0839 e. The molecule has 0 radical (unpaired) electrons. The Morgan fingerprint density at radius 2 is 1.47 bits per heavy atom. The lowest BCUT2D eigenvalue weighted by Crippen LogP contribution is -2.10. The van der Waals surface area contributed by atoms with Gasteiger partial charge in [0.05, 0.1) is 15.7 Å². The molecule has 1 heterocycles. The predicted octanol–water partition coefficient (Wildman–Crippen LogP) is 5.43. The van der Waals surface area contributed by atoms with E-state index >= 15 is 0 Å². The van der Waals surface area contributed by atoms with Crippen molar-refractivity contribution in [2.75, 3.05) is 5.32 Å². The van der Waals surface area contributed by atoms with Crippen LogP contribution in [0.5, 0.6) is 0 Å². The van der Waals surface area contributed by atoms with Gasteiger partial charge >= 0.3 is 0 Å². The van der Waals surface area contributed by atoms with Crippen molar-refractivity contribution in [3.63, 3.8) is 0 Å². The van der Waals surface area contributed by atoms with Gasteiger partial charge in [-0.05, 0) is 23.1 Å². The maximum atomic E-state index is 6.07. The summed E-state index contributed by atoms with van der Waals surface area (Å²) in [6.07, 6.45) is 3.14. The third-order valence-electron chi connectivity index (χ3n) is 2.87. The number of nitrogens with zero attached hydrogens (tertiary/aromatic N) is 1. The minimum atomic E-state index is 0.143. The van der Waals surface area contributed by atoms with E-state index in [9.17, 15) is 0 Å². The van der Waals surface area contributed by atoms with Gasteiger partial charge < -0.3 is 5.32 Å². The van der Waals surface area contributed by atoms with Gasteiger partial charge in [-0.15, -0.1) is 0 Å². The van der Waals surface area contributed by atoms with Crippen molar-refractivity contribution in [3.8, 4) is 0 Å². The molecule has 2 aromatic rings. The monoisotopic (exact) mass is 294 g/mol. The first-order valence-electron chi connectivity index (χ1n) is 6.04. The number of hydrogen-bond acceptors (Lipinski definition) is 2. The van der Waals surface area contributed by atoms with Crippen LogP contribution in [0.2, 0.25) is 10.0 Å². The molecule has 4 heteroatoms. The zero-order valence-corrected chi connectivity index (χ0v) is 12.7. The Morgan fingerprint density at radius 3 is 1.95 bits per heavy atom. The topological polar surface area (TPSA) is 24.9 Å². The van der Waals surface area contributed by atoms with E-state index in [1.54, 1.807) is 12.4 Å². The van der Waals surface area contributed by atoms with Crippen LogP contribution in [0.4, 0.5) is 11.4 Å². The number of nitrogens with one attached hydrogen (secondary N) is 1. The molecule has 0 aliphatic heterocycles. The highest BCUT2D eigenvalue weighted by molar-refractivity contribution is 6.39. The highest BCUT2D eigenvalue weighted by Crippen LogP contribution is 2.32. The Labute approximate surface area is 123 Å². The second-order valence-electron chi connectivity index (χ2n) is 5.43. The minimum Gasteiger partial charge on any atom is -0.353 e. The summed E-state index contributed by atoms with van der Waals surface area (Å²) >= 11 is 12.1. The van der Waals surface area contributed by atoms with Crippen molar-refractivity contribution in [3.05, 3.63) is 52.3 Å². The molecule has 19 heavy (non-hydrogen) atoms. The van der Waals surface area contributed by atoms with E-state index < -0.39 is 0 Å². The summed E-state index contributed by atoms with van der Waals surface area (Å²) in [6, 6.07) is 8.25. The Kier molecular flexibility index (Phi) is 4.02. The SMILES string of the molecule is CC(C)(C)c1ccc(Nc2c(Cl)cncc2Cl)cc1. The molecule has 0 saturated carbocycles. The van der Waals surface area contributed by atoms with Crippen LogP contribution in [0, 0.1) is 0 Å². The van der Waals surface area contributed by atoms with Gasteiger partial charge in [-0.25, -0.2) is 0 Å². The van der Waals surface area contributed by atoms with Crippen molar-refractivity contribution in [2.24, 2.45) is 0 Å². The van der Waals surface area contributed by atoms with Gasteiger partial charge in [-0.3, -0.25) is 4.98 Å². The molecular weight excluding hydrogens is 279 g/mol. The lowest BCUT2D eigenvalue weighted by Gasteiger charge is -2.19. The van der Waals surface area contributed by atoms with E-state index in [0.29, 0.717) is 15.7 Å². The van der Waals surface area contributed by atoms with Gasteiger partial charge in [-0.1, -0.05) is 56.1 Å². The van der Waals surface area contributed by atoms with Crippen molar-refractivity contribution in [2.45, 2.75) is 26.2 Å². The van der Waals surface area contributed by atoms with E-state index in [0.717, 1.165) is 5.69 Å². The molecule has 2 nitrogen and oxygen atoms in total. The molecule has 0 saturated heterocycles. The van der Waals surface area contributed by atoms with E-state index in [2.05, 4.69) is 43.2 Å². The second kappa shape index (κ2) is 5.40. The molecule has 0 bridgehead atoms. The standard InChI is InChI=1S/C15H16Cl2N2/c1-15(2,3)10-4-6-11(7-5-10)19-14-12(16)8-18-9-13(14)17/h4-9H,1-3H3,(H,18,19). The van der Waals surface area contributed by atoms with Crippen molar-refractivity contribution < 1.29 is 0 Å². The number of halogens is 2. The molecule has 1 N–H and O–H groups in total. The predicted molar refractivity (Wildman–Crippen MR) is 82.7 cm³/mol. The zero-order valence-electron chi connectivity index (χ0n) is 11.2. The summed E-state index contributed by atoms with van der Waals surface area (Å²) in [6.45, 7) is 6.56. The number of rotatable bonds is 2. The van der Waals surface area contributed by atoms with Gasteiger partial charge in [0.2, 0.25) is 0 Å². The number of aromatic nitrogens is 1. The first-order valence-corrected chi connectivity index (χ1v) is 6.80. The Bertz CT molecular complexity index is 551. The third-order valence-corrected chi connectivity index (χ3v) is 3.45. The summed E-state index contributed by atoms with van der Waals surface area (Å²) in [5, 5.41) is 4.23. The molecule has 0 spiro atoms. The van der Waals surface area contributed by atoms with Crippen LogP contribution in [-0.4, -0.2) is 4.98 Å². The molecule has 100 valence electrons. The fourth-order valence-electron chi connectivity index (χ4n) is 1.73. The van der Waals surface area contributed by atoms with Crippen LogP contribution >= 0.6 is 23.2 Å². The molecule has 2 rings (SSSR count). The van der Waals surface area contributed by atoms with Crippen molar-refractivity contribution in [1.82, 2.24) is 4.98 Å². The summed E-state index contributed by atoms with van der Waals surface area (Å²) in [4.78, 5) is 3.93. The van der Waals surface area contributed by atoms with Crippen molar-refractivity contribution >= 4 is 34.6 Å². The van der Waals surface area contributed by atoms with Crippen LogP contribution in [-0.2, 0) is 5.41 Å². The summed E-state index contributed by atoms with van der Waals surface area (Å²) < 4.78 is 0. The maximum absolute atomic E-state index is 6.07. The largest absolute Gasteiger partial charge is 0.353 e. The summed E-state index contributed by atoms with van der Waals surface area (Å²) in [5.74, 6) is 0. The van der Waals surface area contributed by atoms with Gasteiger partial charge in [0.25, 0.3) is 0 Å². The molecule has 0 amide bonds. The fourth-order valence-corrected chi connectivity index (χ4v) is 2.19. The number of hydrogen-bond donors (Lipinski definition) is 1. The lowest BCUT2D eigenvalue weighted by molar-refractivity contribution is 0.590. The van der Waals surface area contributed by atoms with Gasteiger partial charge in [0.15, 0.2) is 0 Å². The summed E-state index contributed by atoms with van der Waals surface area (Å²) in [5.41, 5.74) is 3.06. The molecular formula is C15H16Cl2N2. The first-order chi connectivity index (χ1) is 8.88. The smallest absolute Gasteiger partial charge is 0.0839 e. The molecule has 0 unspecified atom stereocenters. The van der Waals surface area contributed by atoms with E-state index in [1.807, 2.05) is 12.1 Å². The highest BCUT2D eigenvalue weighted by Gasteiger charge is 2.13. The Hall–Kier alpha value is -1.25. The summed E-state index contributed by atoms with van der Waals surface area (Å²) in [7, 11) is 0. The molecule has 0 aliphatic rings. The number of benzene rings is 1. The Morgan fingerprint density at radius 1 is 0.947 bits per heavy atom. The van der Waals surface area contributed by atoms with Crippen LogP contribution < -0.4 is 5.32 Å². The molecule has 1 aromatic carbocycles. The van der Waals surface area contributed by atoms with Crippen LogP contribution in [0.1, 0.15) is 26.3 Å². The average molecular weight is 295 g/mol. The quantitative estimate of drug-likeness (QED) is 0.799. The third kappa shape index (κ3) is 3.40. The van der Waals surface area contributed by atoms with E-state index in [4.69, 9.17) is 23.2 Å². The molecule has 0 fully saturated rings. The molecule has 0 aliphatic carbocycles. The first kappa shape index (κ1) is 14.2. The Balaban J connectivity index is 2.25. The second-order valence-corrected chi connectivity index (χ2v) is 6.24. The number of pyridine rings is 1. The minimum absolute atomic E-state index is 0.143. The lowest BCUT2D eigenvalue weighted by atomic mass is 9.87.